The molecule has 0 fully saturated rings. The highest BCUT2D eigenvalue weighted by molar-refractivity contribution is 6.20. The van der Waals surface area contributed by atoms with E-state index in [1.54, 1.807) is 6.07 Å². The molecular weight excluding hydrogens is 291 g/mol. The topological polar surface area (TPSA) is 35.6 Å². The Balaban J connectivity index is 2.40. The van der Waals surface area contributed by atoms with Gasteiger partial charge in [-0.25, -0.2) is 14.1 Å². The highest BCUT2D eigenvalue weighted by Gasteiger charge is 2.22. The molecule has 1 aromatic carbocycles. The van der Waals surface area contributed by atoms with Crippen molar-refractivity contribution in [1.29, 1.82) is 0 Å². The third kappa shape index (κ3) is 2.21. The lowest BCUT2D eigenvalue weighted by molar-refractivity contribution is 0.625. The van der Waals surface area contributed by atoms with Gasteiger partial charge in [-0.05, 0) is 39.0 Å². The van der Waals surface area contributed by atoms with Crippen molar-refractivity contribution in [3.8, 4) is 5.69 Å². The fourth-order valence-corrected chi connectivity index (χ4v) is 2.69. The molecule has 4 nitrogen and oxygen atoms in total. The molecule has 0 aliphatic carbocycles. The number of halogens is 2. The minimum absolute atomic E-state index is 0.287. The molecule has 2 aromatic heterocycles. The van der Waals surface area contributed by atoms with E-state index in [-0.39, 0.29) is 11.2 Å². The van der Waals surface area contributed by atoms with Gasteiger partial charge >= 0.3 is 0 Å². The minimum atomic E-state index is -0.290. The average molecular weight is 307 g/mol. The molecule has 0 bridgehead atoms. The number of hydrogen-bond donors (Lipinski definition) is 0. The van der Waals surface area contributed by atoms with Crippen molar-refractivity contribution >= 4 is 22.8 Å². The van der Waals surface area contributed by atoms with Crippen LogP contribution in [0.15, 0.2) is 24.3 Å². The zero-order valence-electron chi connectivity index (χ0n) is 12.1. The smallest absolute Gasteiger partial charge is 0.163 e. The Labute approximate surface area is 127 Å². The van der Waals surface area contributed by atoms with Gasteiger partial charge in [0.05, 0.1) is 16.8 Å². The molecule has 0 radical (unpaired) electrons. The number of benzene rings is 1. The van der Waals surface area contributed by atoms with Gasteiger partial charge in [-0.1, -0.05) is 6.07 Å². The third-order valence-electron chi connectivity index (χ3n) is 3.46. The maximum atomic E-state index is 13.6. The standard InChI is InChI=1S/C15H16ClFN4/c1-4-20-15-13(10(3)19-20)18-14(9(2)16)21(15)12-7-5-6-11(17)8-12/h5-9H,4H2,1-3H3. The molecule has 2 heterocycles. The Morgan fingerprint density at radius 3 is 2.76 bits per heavy atom. The van der Waals surface area contributed by atoms with Crippen molar-refractivity contribution in [3.63, 3.8) is 0 Å². The molecule has 0 aliphatic rings. The van der Waals surface area contributed by atoms with E-state index in [9.17, 15) is 4.39 Å². The summed E-state index contributed by atoms with van der Waals surface area (Å²) in [5.74, 6) is 0.404. The Morgan fingerprint density at radius 1 is 1.38 bits per heavy atom. The number of nitrogens with zero attached hydrogens (tertiary/aromatic N) is 4. The van der Waals surface area contributed by atoms with E-state index in [4.69, 9.17) is 11.6 Å². The molecule has 110 valence electrons. The van der Waals surface area contributed by atoms with E-state index < -0.39 is 0 Å². The van der Waals surface area contributed by atoms with E-state index >= 15 is 0 Å². The second-order valence-electron chi connectivity index (χ2n) is 4.97. The van der Waals surface area contributed by atoms with Crippen molar-refractivity contribution in [2.75, 3.05) is 0 Å². The zero-order chi connectivity index (χ0) is 15.1. The molecule has 0 amide bonds. The van der Waals surface area contributed by atoms with Gasteiger partial charge in [0.1, 0.15) is 17.2 Å². The van der Waals surface area contributed by atoms with Gasteiger partial charge in [0.15, 0.2) is 5.65 Å². The summed E-state index contributed by atoms with van der Waals surface area (Å²) >= 11 is 6.27. The first-order valence-corrected chi connectivity index (χ1v) is 7.32. The first-order valence-electron chi connectivity index (χ1n) is 6.88. The summed E-state index contributed by atoms with van der Waals surface area (Å²) in [7, 11) is 0. The van der Waals surface area contributed by atoms with Gasteiger partial charge in [0.25, 0.3) is 0 Å². The number of rotatable bonds is 3. The second kappa shape index (κ2) is 5.15. The second-order valence-corrected chi connectivity index (χ2v) is 5.63. The maximum absolute atomic E-state index is 13.6. The SMILES string of the molecule is CCn1nc(C)c2nc(C(C)Cl)n(-c3cccc(F)c3)c21. The van der Waals surface area contributed by atoms with Crippen LogP contribution in [0.25, 0.3) is 16.9 Å². The highest BCUT2D eigenvalue weighted by atomic mass is 35.5. The van der Waals surface area contributed by atoms with Crippen molar-refractivity contribution in [3.05, 3.63) is 41.6 Å². The van der Waals surface area contributed by atoms with E-state index in [0.29, 0.717) is 18.1 Å². The third-order valence-corrected chi connectivity index (χ3v) is 3.65. The van der Waals surface area contributed by atoms with Crippen LogP contribution in [0.3, 0.4) is 0 Å². The average Bonchev–Trinajstić information content (AvgIpc) is 2.97. The lowest BCUT2D eigenvalue weighted by Crippen LogP contribution is -2.07. The van der Waals surface area contributed by atoms with E-state index in [1.165, 1.54) is 12.1 Å². The van der Waals surface area contributed by atoms with Gasteiger partial charge in [-0.3, -0.25) is 4.57 Å². The van der Waals surface area contributed by atoms with Crippen LogP contribution in [0.1, 0.15) is 30.7 Å². The lowest BCUT2D eigenvalue weighted by Gasteiger charge is -2.11. The number of fused-ring (bicyclic) bond motifs is 1. The molecule has 1 atom stereocenters. The molecule has 3 rings (SSSR count). The van der Waals surface area contributed by atoms with E-state index in [2.05, 4.69) is 10.1 Å². The maximum Gasteiger partial charge on any atom is 0.163 e. The molecule has 0 saturated carbocycles. The molecule has 0 saturated heterocycles. The van der Waals surface area contributed by atoms with Crippen LogP contribution in [0.4, 0.5) is 4.39 Å². The van der Waals surface area contributed by atoms with Crippen molar-refractivity contribution in [2.24, 2.45) is 0 Å². The first-order chi connectivity index (χ1) is 10.0. The highest BCUT2D eigenvalue weighted by Crippen LogP contribution is 2.29. The van der Waals surface area contributed by atoms with Crippen molar-refractivity contribution in [2.45, 2.75) is 32.7 Å². The molecule has 0 spiro atoms. The first kappa shape index (κ1) is 14.1. The monoisotopic (exact) mass is 306 g/mol. The Kier molecular flexibility index (Phi) is 3.45. The van der Waals surface area contributed by atoms with Crippen LogP contribution < -0.4 is 0 Å². The number of imidazole rings is 1. The minimum Gasteiger partial charge on any atom is -0.280 e. The summed E-state index contributed by atoms with van der Waals surface area (Å²) in [6, 6.07) is 6.42. The van der Waals surface area contributed by atoms with Crippen LogP contribution in [0.2, 0.25) is 0 Å². The van der Waals surface area contributed by atoms with Crippen molar-refractivity contribution in [1.82, 2.24) is 19.3 Å². The van der Waals surface area contributed by atoms with Crippen LogP contribution in [-0.2, 0) is 6.54 Å². The normalized spacial score (nSPS) is 13.0. The summed E-state index contributed by atoms with van der Waals surface area (Å²) in [5, 5.41) is 4.19. The van der Waals surface area contributed by atoms with Crippen LogP contribution >= 0.6 is 11.6 Å². The van der Waals surface area contributed by atoms with Crippen LogP contribution in [-0.4, -0.2) is 19.3 Å². The largest absolute Gasteiger partial charge is 0.280 e. The van der Waals surface area contributed by atoms with Crippen LogP contribution in [0.5, 0.6) is 0 Å². The summed E-state index contributed by atoms with van der Waals surface area (Å²) in [6.45, 7) is 6.50. The Bertz CT molecular complexity index is 803. The van der Waals surface area contributed by atoms with Gasteiger partial charge < -0.3 is 0 Å². The van der Waals surface area contributed by atoms with E-state index in [1.807, 2.05) is 36.1 Å². The molecule has 0 N–H and O–H groups in total. The van der Waals surface area contributed by atoms with Crippen molar-refractivity contribution < 1.29 is 4.39 Å². The number of hydrogen-bond acceptors (Lipinski definition) is 2. The molecule has 6 heteroatoms. The van der Waals surface area contributed by atoms with Gasteiger partial charge in [-0.2, -0.15) is 5.10 Å². The summed E-state index contributed by atoms with van der Waals surface area (Å²) in [6.07, 6.45) is 0. The fraction of sp³-hybridized carbons (Fsp3) is 0.333. The Hall–Kier alpha value is -1.88. The summed E-state index contributed by atoms with van der Waals surface area (Å²) in [5.41, 5.74) is 3.21. The fourth-order valence-electron chi connectivity index (χ4n) is 2.54. The van der Waals surface area contributed by atoms with Gasteiger partial charge in [0.2, 0.25) is 0 Å². The van der Waals surface area contributed by atoms with Crippen LogP contribution in [0, 0.1) is 12.7 Å². The van der Waals surface area contributed by atoms with Gasteiger partial charge in [-0.15, -0.1) is 11.6 Å². The zero-order valence-corrected chi connectivity index (χ0v) is 12.9. The quantitative estimate of drug-likeness (QED) is 0.686. The molecule has 21 heavy (non-hydrogen) atoms. The molecule has 3 aromatic rings. The Morgan fingerprint density at radius 2 is 2.14 bits per heavy atom. The lowest BCUT2D eigenvalue weighted by atomic mass is 10.3. The number of aromatic nitrogens is 4. The van der Waals surface area contributed by atoms with E-state index in [0.717, 1.165) is 16.9 Å². The predicted octanol–water partition coefficient (Wildman–Crippen LogP) is 3.99. The summed E-state index contributed by atoms with van der Waals surface area (Å²) < 4.78 is 17.3. The molecular formula is C15H16ClFN4. The summed E-state index contributed by atoms with van der Waals surface area (Å²) in [4.78, 5) is 4.61. The number of aryl methyl sites for hydroxylation is 2. The number of alkyl halides is 1. The predicted molar refractivity (Wildman–Crippen MR) is 81.5 cm³/mol. The molecule has 1 unspecified atom stereocenters. The van der Waals surface area contributed by atoms with Gasteiger partial charge in [0, 0.05) is 6.54 Å². The molecule has 0 aliphatic heterocycles.